The van der Waals surface area contributed by atoms with Gasteiger partial charge >= 0.3 is 0 Å². The van der Waals surface area contributed by atoms with Crippen molar-refractivity contribution >= 4 is 5.91 Å². The quantitative estimate of drug-likeness (QED) is 0.601. The van der Waals surface area contributed by atoms with Gasteiger partial charge in [0.05, 0.1) is 0 Å². The van der Waals surface area contributed by atoms with Crippen molar-refractivity contribution in [1.82, 2.24) is 5.32 Å². The van der Waals surface area contributed by atoms with Gasteiger partial charge in [-0.3, -0.25) is 4.79 Å². The first-order valence-electron chi connectivity index (χ1n) is 6.77. The van der Waals surface area contributed by atoms with Crippen molar-refractivity contribution in [3.05, 3.63) is 0 Å². The molecular formula is C13H26N2O2. The van der Waals surface area contributed by atoms with E-state index < -0.39 is 0 Å². The van der Waals surface area contributed by atoms with Crippen molar-refractivity contribution in [2.75, 3.05) is 26.3 Å². The fraction of sp³-hybridized carbons (Fsp3) is 0.923. The average Bonchev–Trinajstić information content (AvgIpc) is 2.29. The summed E-state index contributed by atoms with van der Waals surface area (Å²) in [5.74, 6) is 0.137. The van der Waals surface area contributed by atoms with Crippen molar-refractivity contribution in [1.29, 1.82) is 0 Å². The van der Waals surface area contributed by atoms with Gasteiger partial charge in [0, 0.05) is 26.2 Å². The lowest BCUT2D eigenvalue weighted by molar-refractivity contribution is -0.122. The molecule has 0 unspecified atom stereocenters. The summed E-state index contributed by atoms with van der Waals surface area (Å²) >= 11 is 0. The van der Waals surface area contributed by atoms with Gasteiger partial charge in [-0.25, -0.2) is 0 Å². The molecule has 0 atom stereocenters. The second-order valence-electron chi connectivity index (χ2n) is 4.97. The zero-order chi connectivity index (χ0) is 12.6. The molecule has 1 saturated carbocycles. The van der Waals surface area contributed by atoms with E-state index in [-0.39, 0.29) is 5.91 Å². The molecule has 0 aromatic rings. The first kappa shape index (κ1) is 14.5. The number of nitrogens with one attached hydrogen (secondary N) is 1. The summed E-state index contributed by atoms with van der Waals surface area (Å²) in [6.07, 6.45) is 6.12. The highest BCUT2D eigenvalue weighted by Crippen LogP contribution is 2.43. The van der Waals surface area contributed by atoms with Crippen LogP contribution in [0.1, 0.15) is 45.4 Å². The molecule has 0 aromatic heterocycles. The van der Waals surface area contributed by atoms with Crippen LogP contribution in [-0.2, 0) is 9.53 Å². The van der Waals surface area contributed by atoms with Crippen LogP contribution in [0.25, 0.3) is 0 Å². The van der Waals surface area contributed by atoms with Crippen molar-refractivity contribution in [2.45, 2.75) is 45.4 Å². The average molecular weight is 242 g/mol. The highest BCUT2D eigenvalue weighted by Gasteiger charge is 2.36. The van der Waals surface area contributed by atoms with Crippen LogP contribution >= 0.6 is 0 Å². The normalized spacial score (nSPS) is 17.5. The topological polar surface area (TPSA) is 64.3 Å². The van der Waals surface area contributed by atoms with Crippen LogP contribution in [0.2, 0.25) is 0 Å². The molecule has 1 amide bonds. The zero-order valence-electron chi connectivity index (χ0n) is 11.0. The molecule has 17 heavy (non-hydrogen) atoms. The second kappa shape index (κ2) is 7.67. The molecule has 1 aliphatic rings. The number of hydrogen-bond acceptors (Lipinski definition) is 3. The third kappa shape index (κ3) is 5.04. The molecule has 0 aliphatic heterocycles. The fourth-order valence-corrected chi connectivity index (χ4v) is 2.26. The van der Waals surface area contributed by atoms with Crippen LogP contribution in [0.5, 0.6) is 0 Å². The predicted octanol–water partition coefficient (Wildman–Crippen LogP) is 1.44. The van der Waals surface area contributed by atoms with Gasteiger partial charge in [-0.15, -0.1) is 0 Å². The Labute approximate surface area is 104 Å². The molecule has 0 bridgehead atoms. The largest absolute Gasteiger partial charge is 0.382 e. The SMILES string of the molecule is CCOCCC1(CNC(=O)CCCN)CCC1. The summed E-state index contributed by atoms with van der Waals surface area (Å²) in [6, 6.07) is 0. The molecule has 3 N–H and O–H groups in total. The number of carbonyl (C=O) groups excluding carboxylic acids is 1. The lowest BCUT2D eigenvalue weighted by atomic mass is 9.66. The van der Waals surface area contributed by atoms with E-state index in [9.17, 15) is 4.79 Å². The molecule has 1 aliphatic carbocycles. The van der Waals surface area contributed by atoms with Crippen LogP contribution in [0.15, 0.2) is 0 Å². The maximum atomic E-state index is 11.5. The number of amides is 1. The Morgan fingerprint density at radius 1 is 1.47 bits per heavy atom. The minimum absolute atomic E-state index is 0.137. The summed E-state index contributed by atoms with van der Waals surface area (Å²) in [6.45, 7) is 5.00. The molecule has 4 heteroatoms. The Morgan fingerprint density at radius 3 is 2.76 bits per heavy atom. The molecule has 0 aromatic carbocycles. The molecule has 0 saturated heterocycles. The van der Waals surface area contributed by atoms with Gasteiger partial charge in [0.25, 0.3) is 0 Å². The molecular weight excluding hydrogens is 216 g/mol. The maximum Gasteiger partial charge on any atom is 0.220 e. The van der Waals surface area contributed by atoms with E-state index in [1.807, 2.05) is 6.92 Å². The molecule has 0 radical (unpaired) electrons. The second-order valence-corrected chi connectivity index (χ2v) is 4.97. The Hall–Kier alpha value is -0.610. The van der Waals surface area contributed by atoms with E-state index in [4.69, 9.17) is 10.5 Å². The first-order valence-corrected chi connectivity index (χ1v) is 6.77. The third-order valence-corrected chi connectivity index (χ3v) is 3.66. The predicted molar refractivity (Wildman–Crippen MR) is 68.7 cm³/mol. The molecule has 100 valence electrons. The Bertz CT molecular complexity index is 227. The number of nitrogens with two attached hydrogens (primary N) is 1. The first-order chi connectivity index (χ1) is 8.22. The summed E-state index contributed by atoms with van der Waals surface area (Å²) in [7, 11) is 0. The van der Waals surface area contributed by atoms with Crippen LogP contribution in [0.3, 0.4) is 0 Å². The zero-order valence-corrected chi connectivity index (χ0v) is 11.0. The fourth-order valence-electron chi connectivity index (χ4n) is 2.26. The third-order valence-electron chi connectivity index (χ3n) is 3.66. The van der Waals surface area contributed by atoms with Gasteiger partial charge in [-0.2, -0.15) is 0 Å². The van der Waals surface area contributed by atoms with Crippen molar-refractivity contribution in [2.24, 2.45) is 11.1 Å². The molecule has 4 nitrogen and oxygen atoms in total. The highest BCUT2D eigenvalue weighted by molar-refractivity contribution is 5.75. The van der Waals surface area contributed by atoms with E-state index in [0.29, 0.717) is 18.4 Å². The van der Waals surface area contributed by atoms with Crippen LogP contribution in [-0.4, -0.2) is 32.2 Å². The summed E-state index contributed by atoms with van der Waals surface area (Å²) in [5.41, 5.74) is 5.69. The Morgan fingerprint density at radius 2 is 2.24 bits per heavy atom. The maximum absolute atomic E-state index is 11.5. The molecule has 0 heterocycles. The number of hydrogen-bond donors (Lipinski definition) is 2. The van der Waals surface area contributed by atoms with Crippen LogP contribution in [0, 0.1) is 5.41 Å². The number of carbonyl (C=O) groups is 1. The van der Waals surface area contributed by atoms with E-state index in [2.05, 4.69) is 5.32 Å². The standard InChI is InChI=1S/C13H26N2O2/c1-2-17-10-8-13(6-4-7-13)11-15-12(16)5-3-9-14/h2-11,14H2,1H3,(H,15,16). The van der Waals surface area contributed by atoms with Gasteiger partial charge in [0.15, 0.2) is 0 Å². The number of rotatable bonds is 9. The van der Waals surface area contributed by atoms with E-state index in [1.165, 1.54) is 19.3 Å². The number of ether oxygens (including phenoxy) is 1. The van der Waals surface area contributed by atoms with Gasteiger partial charge < -0.3 is 15.8 Å². The molecule has 1 rings (SSSR count). The molecule has 0 spiro atoms. The van der Waals surface area contributed by atoms with Gasteiger partial charge in [0.1, 0.15) is 0 Å². The van der Waals surface area contributed by atoms with Crippen LogP contribution < -0.4 is 11.1 Å². The van der Waals surface area contributed by atoms with Crippen molar-refractivity contribution < 1.29 is 9.53 Å². The minimum atomic E-state index is 0.137. The highest BCUT2D eigenvalue weighted by atomic mass is 16.5. The van der Waals surface area contributed by atoms with E-state index >= 15 is 0 Å². The van der Waals surface area contributed by atoms with Gasteiger partial charge in [-0.1, -0.05) is 6.42 Å². The Balaban J connectivity index is 2.19. The van der Waals surface area contributed by atoms with E-state index in [0.717, 1.165) is 32.6 Å². The van der Waals surface area contributed by atoms with Crippen molar-refractivity contribution in [3.63, 3.8) is 0 Å². The minimum Gasteiger partial charge on any atom is -0.382 e. The Kier molecular flexibility index (Phi) is 6.52. The van der Waals surface area contributed by atoms with E-state index in [1.54, 1.807) is 0 Å². The monoisotopic (exact) mass is 242 g/mol. The van der Waals surface area contributed by atoms with Crippen molar-refractivity contribution in [3.8, 4) is 0 Å². The lowest BCUT2D eigenvalue weighted by Gasteiger charge is -2.42. The summed E-state index contributed by atoms with van der Waals surface area (Å²) in [5, 5.41) is 3.04. The van der Waals surface area contributed by atoms with Gasteiger partial charge in [-0.05, 0) is 44.6 Å². The molecule has 1 fully saturated rings. The van der Waals surface area contributed by atoms with Crippen LogP contribution in [0.4, 0.5) is 0 Å². The lowest BCUT2D eigenvalue weighted by Crippen LogP contribution is -2.43. The summed E-state index contributed by atoms with van der Waals surface area (Å²) in [4.78, 5) is 11.5. The summed E-state index contributed by atoms with van der Waals surface area (Å²) < 4.78 is 5.41. The van der Waals surface area contributed by atoms with Gasteiger partial charge in [0.2, 0.25) is 5.91 Å². The smallest absolute Gasteiger partial charge is 0.220 e.